The fourth-order valence-electron chi connectivity index (χ4n) is 2.97. The second kappa shape index (κ2) is 8.64. The van der Waals surface area contributed by atoms with Crippen molar-refractivity contribution in [2.24, 2.45) is 5.92 Å². The molecule has 1 aliphatic heterocycles. The lowest BCUT2D eigenvalue weighted by Crippen LogP contribution is -2.24. The number of carbonyl (C=O) groups excluding carboxylic acids is 1. The van der Waals surface area contributed by atoms with Crippen LogP contribution in [0.3, 0.4) is 0 Å². The second-order valence-corrected chi connectivity index (χ2v) is 6.10. The summed E-state index contributed by atoms with van der Waals surface area (Å²) in [6.07, 6.45) is 9.14. The molecule has 0 atom stereocenters. The number of hydrogen-bond acceptors (Lipinski definition) is 4. The summed E-state index contributed by atoms with van der Waals surface area (Å²) in [5.41, 5.74) is 0.707. The number of aryl methyl sites for hydroxylation is 1. The Kier molecular flexibility index (Phi) is 6.01. The van der Waals surface area contributed by atoms with Crippen molar-refractivity contribution in [1.82, 2.24) is 9.55 Å². The van der Waals surface area contributed by atoms with Crippen LogP contribution in [0.25, 0.3) is 0 Å². The van der Waals surface area contributed by atoms with Crippen molar-refractivity contribution < 1.29 is 14.3 Å². The number of carbonyl (C=O) groups is 1. The predicted octanol–water partition coefficient (Wildman–Crippen LogP) is 3.35. The van der Waals surface area contributed by atoms with Gasteiger partial charge in [0.15, 0.2) is 5.78 Å². The van der Waals surface area contributed by atoms with E-state index in [4.69, 9.17) is 9.47 Å². The number of rotatable bonds is 8. The first-order valence-corrected chi connectivity index (χ1v) is 8.64. The van der Waals surface area contributed by atoms with Gasteiger partial charge < -0.3 is 14.0 Å². The highest BCUT2D eigenvalue weighted by Gasteiger charge is 2.24. The topological polar surface area (TPSA) is 53.4 Å². The summed E-state index contributed by atoms with van der Waals surface area (Å²) in [5.74, 6) is 0.952. The Bertz CT molecular complexity index is 634. The Hall–Kier alpha value is -2.14. The number of unbranched alkanes of at least 4 members (excludes halogenated alkanes) is 1. The van der Waals surface area contributed by atoms with Crippen LogP contribution in [0.4, 0.5) is 0 Å². The third-order valence-electron chi connectivity index (χ3n) is 4.37. The zero-order chi connectivity index (χ0) is 16.6. The second-order valence-electron chi connectivity index (χ2n) is 6.10. The summed E-state index contributed by atoms with van der Waals surface area (Å²) in [6.45, 7) is 2.90. The zero-order valence-electron chi connectivity index (χ0n) is 13.9. The van der Waals surface area contributed by atoms with Crippen molar-refractivity contribution >= 4 is 5.78 Å². The number of nitrogens with zero attached hydrogens (tertiary/aromatic N) is 2. The maximum atomic E-state index is 12.7. The molecule has 1 fully saturated rings. The molecular weight excluding hydrogens is 304 g/mol. The number of imidazole rings is 1. The maximum Gasteiger partial charge on any atom is 0.169 e. The molecular formula is C19H24N2O3. The molecule has 5 heteroatoms. The summed E-state index contributed by atoms with van der Waals surface area (Å²) in [5, 5.41) is 0. The minimum atomic E-state index is 0.0599. The Morgan fingerprint density at radius 2 is 2.08 bits per heavy atom. The number of Topliss-reactive ketones (excluding diaryl/α,β-unsaturated/α-hetero) is 1. The van der Waals surface area contributed by atoms with Crippen LogP contribution in [0.1, 0.15) is 36.0 Å². The van der Waals surface area contributed by atoms with E-state index in [2.05, 4.69) is 9.55 Å². The Morgan fingerprint density at radius 3 is 2.88 bits per heavy atom. The quantitative estimate of drug-likeness (QED) is 0.551. The van der Waals surface area contributed by atoms with Crippen LogP contribution in [0.5, 0.6) is 5.75 Å². The maximum absolute atomic E-state index is 12.7. The van der Waals surface area contributed by atoms with Crippen molar-refractivity contribution in [3.63, 3.8) is 0 Å². The van der Waals surface area contributed by atoms with Gasteiger partial charge in [-0.15, -0.1) is 0 Å². The van der Waals surface area contributed by atoms with E-state index in [-0.39, 0.29) is 11.7 Å². The van der Waals surface area contributed by atoms with Gasteiger partial charge in [-0.3, -0.25) is 4.79 Å². The van der Waals surface area contributed by atoms with Gasteiger partial charge in [0.25, 0.3) is 0 Å². The Balaban J connectivity index is 1.50. The van der Waals surface area contributed by atoms with E-state index in [1.165, 1.54) is 0 Å². The van der Waals surface area contributed by atoms with Gasteiger partial charge >= 0.3 is 0 Å². The lowest BCUT2D eigenvalue weighted by molar-refractivity contribution is 0.0542. The molecule has 5 nitrogen and oxygen atoms in total. The largest absolute Gasteiger partial charge is 0.493 e. The molecule has 2 heterocycles. The van der Waals surface area contributed by atoms with Crippen LogP contribution in [0, 0.1) is 5.92 Å². The van der Waals surface area contributed by atoms with E-state index in [1.807, 2.05) is 36.8 Å². The summed E-state index contributed by atoms with van der Waals surface area (Å²) in [6, 6.07) is 7.58. The van der Waals surface area contributed by atoms with Gasteiger partial charge in [0.1, 0.15) is 5.75 Å². The highest BCUT2D eigenvalue weighted by molar-refractivity contribution is 6.00. The average molecular weight is 328 g/mol. The number of para-hydroxylation sites is 1. The number of hydrogen-bond donors (Lipinski definition) is 0. The first-order chi connectivity index (χ1) is 11.8. The smallest absolute Gasteiger partial charge is 0.169 e. The van der Waals surface area contributed by atoms with Crippen LogP contribution >= 0.6 is 0 Å². The zero-order valence-corrected chi connectivity index (χ0v) is 13.9. The monoisotopic (exact) mass is 328 g/mol. The van der Waals surface area contributed by atoms with E-state index in [1.54, 1.807) is 6.20 Å². The number of ether oxygens (including phenoxy) is 2. The van der Waals surface area contributed by atoms with Crippen LogP contribution in [-0.2, 0) is 11.3 Å². The van der Waals surface area contributed by atoms with Gasteiger partial charge in [-0.05, 0) is 37.8 Å². The molecule has 0 saturated carbocycles. The van der Waals surface area contributed by atoms with Gasteiger partial charge in [-0.25, -0.2) is 4.98 Å². The van der Waals surface area contributed by atoms with E-state index < -0.39 is 0 Å². The summed E-state index contributed by atoms with van der Waals surface area (Å²) in [4.78, 5) is 16.7. The summed E-state index contributed by atoms with van der Waals surface area (Å²) in [7, 11) is 0. The standard InChI is InChI=1S/C19H24N2O3/c22-19(16-7-13-23-14-8-16)17-5-1-2-6-18(17)24-12-4-3-10-21-11-9-20-15-21/h1-2,5-6,9,11,15-16H,3-4,7-8,10,12-14H2. The molecule has 2 aromatic rings. The average Bonchev–Trinajstić information content (AvgIpc) is 3.15. The first kappa shape index (κ1) is 16.7. The molecule has 0 spiro atoms. The molecule has 3 rings (SSSR count). The molecule has 0 unspecified atom stereocenters. The molecule has 0 N–H and O–H groups in total. The highest BCUT2D eigenvalue weighted by Crippen LogP contribution is 2.26. The minimum Gasteiger partial charge on any atom is -0.493 e. The van der Waals surface area contributed by atoms with Gasteiger partial charge in [0.2, 0.25) is 0 Å². The van der Waals surface area contributed by atoms with Gasteiger partial charge in [-0.1, -0.05) is 12.1 Å². The van der Waals surface area contributed by atoms with Crippen LogP contribution in [0.15, 0.2) is 43.0 Å². The molecule has 0 amide bonds. The molecule has 0 aliphatic carbocycles. The Morgan fingerprint density at radius 1 is 1.25 bits per heavy atom. The first-order valence-electron chi connectivity index (χ1n) is 8.64. The van der Waals surface area contributed by atoms with Crippen LogP contribution in [0.2, 0.25) is 0 Å². The normalized spacial score (nSPS) is 15.3. The SMILES string of the molecule is O=C(c1ccccc1OCCCCn1ccnc1)C1CCOCC1. The molecule has 0 radical (unpaired) electrons. The number of benzene rings is 1. The fourth-order valence-corrected chi connectivity index (χ4v) is 2.97. The van der Waals surface area contributed by atoms with E-state index in [9.17, 15) is 4.79 Å². The molecule has 128 valence electrons. The van der Waals surface area contributed by atoms with Crippen molar-refractivity contribution in [2.75, 3.05) is 19.8 Å². The number of aromatic nitrogens is 2. The summed E-state index contributed by atoms with van der Waals surface area (Å²) < 4.78 is 13.3. The predicted molar refractivity (Wildman–Crippen MR) is 91.3 cm³/mol. The van der Waals surface area contributed by atoms with E-state index >= 15 is 0 Å². The Labute approximate surface area is 142 Å². The molecule has 1 aromatic heterocycles. The molecule has 0 bridgehead atoms. The van der Waals surface area contributed by atoms with Crippen molar-refractivity contribution in [2.45, 2.75) is 32.2 Å². The van der Waals surface area contributed by atoms with Crippen LogP contribution < -0.4 is 4.74 Å². The lowest BCUT2D eigenvalue weighted by Gasteiger charge is -2.21. The fraction of sp³-hybridized carbons (Fsp3) is 0.474. The molecule has 1 aromatic carbocycles. The van der Waals surface area contributed by atoms with Crippen molar-refractivity contribution in [1.29, 1.82) is 0 Å². The molecule has 1 aliphatic rings. The highest BCUT2D eigenvalue weighted by atomic mass is 16.5. The minimum absolute atomic E-state index is 0.0599. The van der Waals surface area contributed by atoms with E-state index in [0.29, 0.717) is 31.1 Å². The van der Waals surface area contributed by atoms with Gasteiger partial charge in [0, 0.05) is 38.1 Å². The number of ketones is 1. The lowest BCUT2D eigenvalue weighted by atomic mass is 9.90. The third kappa shape index (κ3) is 4.45. The summed E-state index contributed by atoms with van der Waals surface area (Å²) >= 11 is 0. The molecule has 24 heavy (non-hydrogen) atoms. The van der Waals surface area contributed by atoms with Crippen molar-refractivity contribution in [3.8, 4) is 5.75 Å². The molecule has 1 saturated heterocycles. The van der Waals surface area contributed by atoms with Gasteiger partial charge in [-0.2, -0.15) is 0 Å². The third-order valence-corrected chi connectivity index (χ3v) is 4.37. The van der Waals surface area contributed by atoms with Crippen LogP contribution in [-0.4, -0.2) is 35.2 Å². The van der Waals surface area contributed by atoms with Gasteiger partial charge in [0.05, 0.1) is 18.5 Å². The van der Waals surface area contributed by atoms with Crippen molar-refractivity contribution in [3.05, 3.63) is 48.5 Å². The van der Waals surface area contributed by atoms with E-state index in [0.717, 1.165) is 32.2 Å².